The summed E-state index contributed by atoms with van der Waals surface area (Å²) in [4.78, 5) is 31.8. The van der Waals surface area contributed by atoms with Gasteiger partial charge in [0, 0.05) is 40.4 Å². The van der Waals surface area contributed by atoms with Crippen LogP contribution >= 0.6 is 0 Å². The van der Waals surface area contributed by atoms with Crippen LogP contribution in [0.3, 0.4) is 0 Å². The highest BCUT2D eigenvalue weighted by molar-refractivity contribution is 6.76. The maximum atomic E-state index is 13.8. The van der Waals surface area contributed by atoms with Crippen LogP contribution in [0.1, 0.15) is 25.0 Å². The van der Waals surface area contributed by atoms with Gasteiger partial charge in [-0.15, -0.1) is 0 Å². The van der Waals surface area contributed by atoms with Crippen LogP contribution in [0.25, 0.3) is 22.4 Å². The average molecular weight is 566 g/mol. The van der Waals surface area contributed by atoms with Crippen molar-refractivity contribution in [2.24, 2.45) is 14.1 Å². The minimum absolute atomic E-state index is 0.0431. The predicted molar refractivity (Wildman–Crippen MR) is 158 cm³/mol. The second-order valence-electron chi connectivity index (χ2n) is 11.9. The molecule has 0 saturated heterocycles. The SMILES string of the molecule is Cn1c(N[C@H]2CC[C@@H](O)C2)nc2c1c(=O)n(Cc1cc(-c3ccccc3)nn1COCC[Si](C)(C)C)c(=O)n2C. The number of fused-ring (bicyclic) bond motifs is 1. The Labute approximate surface area is 234 Å². The molecule has 11 nitrogen and oxygen atoms in total. The van der Waals surface area contributed by atoms with Crippen LogP contribution in [0.15, 0.2) is 46.0 Å². The summed E-state index contributed by atoms with van der Waals surface area (Å²) in [5, 5.41) is 18.0. The number of rotatable bonds is 10. The molecule has 5 rings (SSSR count). The van der Waals surface area contributed by atoms with Gasteiger partial charge in [0.05, 0.1) is 24.0 Å². The Hall–Kier alpha value is -3.48. The number of hydrogen-bond donors (Lipinski definition) is 2. The lowest BCUT2D eigenvalue weighted by Crippen LogP contribution is -2.40. The number of anilines is 1. The van der Waals surface area contributed by atoms with Gasteiger partial charge in [0.25, 0.3) is 5.56 Å². The van der Waals surface area contributed by atoms with Gasteiger partial charge in [0.2, 0.25) is 5.95 Å². The van der Waals surface area contributed by atoms with Crippen LogP contribution in [0.4, 0.5) is 5.95 Å². The predicted octanol–water partition coefficient (Wildman–Crippen LogP) is 2.98. The van der Waals surface area contributed by atoms with E-state index in [-0.39, 0.29) is 25.4 Å². The molecular formula is C28H39N7O4Si. The third kappa shape index (κ3) is 5.84. The van der Waals surface area contributed by atoms with Crippen molar-refractivity contribution >= 4 is 25.2 Å². The summed E-state index contributed by atoms with van der Waals surface area (Å²) in [6.45, 7) is 7.82. The monoisotopic (exact) mass is 565 g/mol. The van der Waals surface area contributed by atoms with E-state index in [1.807, 2.05) is 36.4 Å². The highest BCUT2D eigenvalue weighted by atomic mass is 28.3. The number of hydrogen-bond acceptors (Lipinski definition) is 7. The number of imidazole rings is 1. The first-order valence-corrected chi connectivity index (χ1v) is 17.5. The first-order valence-electron chi connectivity index (χ1n) is 13.8. The molecule has 214 valence electrons. The molecule has 40 heavy (non-hydrogen) atoms. The van der Waals surface area contributed by atoms with Crippen molar-refractivity contribution in [3.8, 4) is 11.3 Å². The van der Waals surface area contributed by atoms with Gasteiger partial charge >= 0.3 is 5.69 Å². The number of aliphatic hydroxyl groups is 1. The van der Waals surface area contributed by atoms with Crippen LogP contribution in [0.5, 0.6) is 0 Å². The Morgan fingerprint density at radius 3 is 2.52 bits per heavy atom. The molecule has 0 radical (unpaired) electrons. The van der Waals surface area contributed by atoms with Crippen LogP contribution in [0, 0.1) is 0 Å². The summed E-state index contributed by atoms with van der Waals surface area (Å²) in [7, 11) is 2.14. The zero-order valence-electron chi connectivity index (χ0n) is 23.9. The lowest BCUT2D eigenvalue weighted by Gasteiger charge is -2.16. The van der Waals surface area contributed by atoms with Gasteiger partial charge in [0.15, 0.2) is 11.2 Å². The number of aliphatic hydroxyl groups excluding tert-OH is 1. The van der Waals surface area contributed by atoms with E-state index in [0.717, 1.165) is 30.1 Å². The molecule has 1 aliphatic carbocycles. The second kappa shape index (κ2) is 11.2. The number of aryl methyl sites for hydroxylation is 2. The first kappa shape index (κ1) is 28.1. The maximum absolute atomic E-state index is 13.8. The third-order valence-corrected chi connectivity index (χ3v) is 9.27. The van der Waals surface area contributed by atoms with Crippen molar-refractivity contribution in [1.82, 2.24) is 28.5 Å². The quantitative estimate of drug-likeness (QED) is 0.224. The molecule has 0 spiro atoms. The largest absolute Gasteiger partial charge is 0.393 e. The normalized spacial score (nSPS) is 17.6. The molecule has 4 aromatic rings. The molecule has 1 saturated carbocycles. The average Bonchev–Trinajstić information content (AvgIpc) is 3.61. The molecular weight excluding hydrogens is 526 g/mol. The van der Waals surface area contributed by atoms with Crippen LogP contribution in [-0.4, -0.2) is 60.4 Å². The summed E-state index contributed by atoms with van der Waals surface area (Å²) in [5.41, 5.74) is 2.19. The van der Waals surface area contributed by atoms with Crippen molar-refractivity contribution in [2.45, 2.75) is 70.4 Å². The Balaban J connectivity index is 1.50. The van der Waals surface area contributed by atoms with Gasteiger partial charge in [-0.3, -0.25) is 13.9 Å². The Morgan fingerprint density at radius 1 is 1.10 bits per heavy atom. The smallest absolute Gasteiger partial charge is 0.332 e. The molecule has 1 aromatic carbocycles. The zero-order chi connectivity index (χ0) is 28.6. The van der Waals surface area contributed by atoms with Crippen LogP contribution in [-0.2, 0) is 32.1 Å². The van der Waals surface area contributed by atoms with E-state index >= 15 is 0 Å². The number of ether oxygens (including phenoxy) is 1. The highest BCUT2D eigenvalue weighted by Gasteiger charge is 2.26. The van der Waals surface area contributed by atoms with E-state index < -0.39 is 19.3 Å². The Kier molecular flexibility index (Phi) is 7.84. The Morgan fingerprint density at radius 2 is 1.85 bits per heavy atom. The van der Waals surface area contributed by atoms with Gasteiger partial charge in [-0.05, 0) is 31.4 Å². The first-order chi connectivity index (χ1) is 19.0. The molecule has 0 unspecified atom stereocenters. The fourth-order valence-corrected chi connectivity index (χ4v) is 5.88. The molecule has 1 fully saturated rings. The zero-order valence-corrected chi connectivity index (χ0v) is 24.9. The lowest BCUT2D eigenvalue weighted by molar-refractivity contribution is 0.0764. The van der Waals surface area contributed by atoms with Gasteiger partial charge in [-0.25, -0.2) is 9.48 Å². The molecule has 3 heterocycles. The number of aromatic nitrogens is 6. The van der Waals surface area contributed by atoms with Crippen molar-refractivity contribution in [3.63, 3.8) is 0 Å². The van der Waals surface area contributed by atoms with Gasteiger partial charge in [0.1, 0.15) is 6.73 Å². The molecule has 1 aliphatic rings. The number of nitrogens with one attached hydrogen (secondary N) is 1. The minimum atomic E-state index is -1.25. The van der Waals surface area contributed by atoms with Crippen molar-refractivity contribution in [1.29, 1.82) is 0 Å². The summed E-state index contributed by atoms with van der Waals surface area (Å²) in [5.74, 6) is 0.506. The van der Waals surface area contributed by atoms with Crippen LogP contribution < -0.4 is 16.6 Å². The topological polar surface area (TPSA) is 121 Å². The third-order valence-electron chi connectivity index (χ3n) is 7.56. The minimum Gasteiger partial charge on any atom is -0.393 e. The number of nitrogens with zero attached hydrogens (tertiary/aromatic N) is 6. The second-order valence-corrected chi connectivity index (χ2v) is 17.6. The summed E-state index contributed by atoms with van der Waals surface area (Å²) in [6, 6.07) is 12.8. The Bertz CT molecular complexity index is 1610. The fraction of sp³-hybridized carbons (Fsp3) is 0.500. The molecule has 2 N–H and O–H groups in total. The van der Waals surface area contributed by atoms with E-state index in [9.17, 15) is 14.7 Å². The van der Waals surface area contributed by atoms with E-state index in [1.165, 1.54) is 9.13 Å². The maximum Gasteiger partial charge on any atom is 0.332 e. The highest BCUT2D eigenvalue weighted by Crippen LogP contribution is 2.24. The van der Waals surface area contributed by atoms with E-state index in [1.54, 1.807) is 23.3 Å². The molecule has 2 atom stereocenters. The summed E-state index contributed by atoms with van der Waals surface area (Å²) >= 11 is 0. The van der Waals surface area contributed by atoms with Crippen molar-refractivity contribution in [3.05, 3.63) is 62.9 Å². The number of benzene rings is 1. The van der Waals surface area contributed by atoms with E-state index in [2.05, 4.69) is 29.9 Å². The molecule has 0 amide bonds. The lowest BCUT2D eigenvalue weighted by atomic mass is 10.1. The molecule has 0 bridgehead atoms. The summed E-state index contributed by atoms with van der Waals surface area (Å²) < 4.78 is 12.1. The molecule has 0 aliphatic heterocycles. The standard InChI is InChI=1S/C28H39N7O4Si/c1-32-24-25(30-27(32)29-20-11-12-22(36)15-20)33(2)28(38)34(26(24)37)17-21-16-23(19-9-7-6-8-10-19)31-35(21)18-39-13-14-40(3,4)5/h6-10,16,20,22,36H,11-15,17-18H2,1-5H3,(H,29,30)/t20-,22+/m0/s1. The molecule has 12 heteroatoms. The molecule has 3 aromatic heterocycles. The van der Waals surface area contributed by atoms with E-state index in [0.29, 0.717) is 35.8 Å². The summed E-state index contributed by atoms with van der Waals surface area (Å²) in [6.07, 6.45) is 1.84. The van der Waals surface area contributed by atoms with E-state index in [4.69, 9.17) is 9.84 Å². The fourth-order valence-electron chi connectivity index (χ4n) is 5.12. The van der Waals surface area contributed by atoms with Crippen LogP contribution in [0.2, 0.25) is 25.7 Å². The van der Waals surface area contributed by atoms with Gasteiger partial charge in [-0.1, -0.05) is 50.0 Å². The van der Waals surface area contributed by atoms with Gasteiger partial charge in [-0.2, -0.15) is 10.1 Å². The van der Waals surface area contributed by atoms with Crippen molar-refractivity contribution < 1.29 is 9.84 Å². The van der Waals surface area contributed by atoms with Gasteiger partial charge < -0.3 is 19.7 Å². The van der Waals surface area contributed by atoms with Crippen molar-refractivity contribution in [2.75, 3.05) is 11.9 Å².